The van der Waals surface area contributed by atoms with Crippen molar-refractivity contribution in [2.24, 2.45) is 5.92 Å². The molecule has 0 bridgehead atoms. The number of rotatable bonds is 5. The highest BCUT2D eigenvalue weighted by molar-refractivity contribution is 5.99. The van der Waals surface area contributed by atoms with Gasteiger partial charge in [-0.1, -0.05) is 0 Å². The first-order valence-corrected chi connectivity index (χ1v) is 5.32. The van der Waals surface area contributed by atoms with Crippen LogP contribution in [0.2, 0.25) is 0 Å². The maximum Gasteiger partial charge on any atom is 0.193 e. The van der Waals surface area contributed by atoms with Crippen molar-refractivity contribution in [2.75, 3.05) is 14.2 Å². The van der Waals surface area contributed by atoms with Gasteiger partial charge in [0.05, 0.1) is 13.3 Å². The molecule has 1 heterocycles. The minimum absolute atomic E-state index is 0.00333. The van der Waals surface area contributed by atoms with E-state index in [2.05, 4.69) is 4.98 Å². The van der Waals surface area contributed by atoms with Gasteiger partial charge in [0.15, 0.2) is 5.78 Å². The summed E-state index contributed by atoms with van der Waals surface area (Å²) in [5, 5.41) is 0. The van der Waals surface area contributed by atoms with Gasteiger partial charge in [0.25, 0.3) is 0 Å². The first kappa shape index (κ1) is 11.1. The molecule has 1 saturated carbocycles. The molecule has 86 valence electrons. The molecule has 4 heteroatoms. The quantitative estimate of drug-likeness (QED) is 0.710. The molecule has 1 aliphatic rings. The van der Waals surface area contributed by atoms with Crippen LogP contribution in [0.4, 0.5) is 0 Å². The number of carbonyl (C=O) groups excluding carboxylic acids is 1. The van der Waals surface area contributed by atoms with E-state index in [9.17, 15) is 4.79 Å². The molecule has 1 unspecified atom stereocenters. The highest BCUT2D eigenvalue weighted by atomic mass is 16.5. The van der Waals surface area contributed by atoms with Gasteiger partial charge in [-0.3, -0.25) is 9.78 Å². The molecule has 0 amide bonds. The monoisotopic (exact) mass is 221 g/mol. The number of ether oxygens (including phenoxy) is 2. The highest BCUT2D eigenvalue weighted by Gasteiger charge is 2.36. The van der Waals surface area contributed by atoms with Gasteiger partial charge in [-0.2, -0.15) is 0 Å². The molecule has 0 aliphatic heterocycles. The Bertz CT molecular complexity index is 388. The summed E-state index contributed by atoms with van der Waals surface area (Å²) >= 11 is 0. The second kappa shape index (κ2) is 4.61. The number of methoxy groups -OCH3 is 2. The van der Waals surface area contributed by atoms with Crippen LogP contribution in [0.1, 0.15) is 23.2 Å². The van der Waals surface area contributed by atoms with E-state index in [0.717, 1.165) is 12.8 Å². The Morgan fingerprint density at radius 3 is 2.75 bits per heavy atom. The molecule has 2 rings (SSSR count). The van der Waals surface area contributed by atoms with E-state index < -0.39 is 0 Å². The van der Waals surface area contributed by atoms with Crippen molar-refractivity contribution in [2.45, 2.75) is 18.9 Å². The van der Waals surface area contributed by atoms with Gasteiger partial charge >= 0.3 is 0 Å². The Balaban J connectivity index is 2.18. The minimum atomic E-state index is -0.325. The van der Waals surface area contributed by atoms with E-state index >= 15 is 0 Å². The van der Waals surface area contributed by atoms with Gasteiger partial charge in [-0.05, 0) is 24.8 Å². The molecule has 0 saturated heterocycles. The molecule has 1 fully saturated rings. The maximum atomic E-state index is 12.1. The summed E-state index contributed by atoms with van der Waals surface area (Å²) in [6.07, 6.45) is 4.95. The highest BCUT2D eigenvalue weighted by Crippen LogP contribution is 2.35. The lowest BCUT2D eigenvalue weighted by Gasteiger charge is -2.13. The van der Waals surface area contributed by atoms with Gasteiger partial charge < -0.3 is 9.47 Å². The zero-order valence-electron chi connectivity index (χ0n) is 9.47. The van der Waals surface area contributed by atoms with E-state index in [-0.39, 0.29) is 11.9 Å². The number of aromatic nitrogens is 1. The maximum absolute atomic E-state index is 12.1. The summed E-state index contributed by atoms with van der Waals surface area (Å²) in [5.74, 6) is 0.969. The van der Waals surface area contributed by atoms with Crippen LogP contribution in [-0.2, 0) is 4.74 Å². The zero-order valence-corrected chi connectivity index (χ0v) is 9.47. The number of hydrogen-bond acceptors (Lipinski definition) is 4. The SMILES string of the molecule is COc1cncc(C(=O)C(OC)C2CC2)c1. The first-order valence-electron chi connectivity index (χ1n) is 5.32. The predicted octanol–water partition coefficient (Wildman–Crippen LogP) is 1.70. The van der Waals surface area contributed by atoms with E-state index in [1.165, 1.54) is 0 Å². The van der Waals surface area contributed by atoms with Gasteiger partial charge in [0, 0.05) is 18.9 Å². The van der Waals surface area contributed by atoms with Crippen molar-refractivity contribution >= 4 is 5.78 Å². The van der Waals surface area contributed by atoms with Crippen molar-refractivity contribution in [1.82, 2.24) is 4.98 Å². The van der Waals surface area contributed by atoms with E-state index in [1.807, 2.05) is 0 Å². The third-order valence-corrected chi connectivity index (χ3v) is 2.80. The number of carbonyl (C=O) groups is 1. The summed E-state index contributed by atoms with van der Waals surface area (Å²) in [5.41, 5.74) is 0.554. The Kier molecular flexibility index (Phi) is 3.19. The molecule has 0 radical (unpaired) electrons. The minimum Gasteiger partial charge on any atom is -0.495 e. The third-order valence-electron chi connectivity index (χ3n) is 2.80. The Morgan fingerprint density at radius 2 is 2.19 bits per heavy atom. The van der Waals surface area contributed by atoms with E-state index in [0.29, 0.717) is 17.2 Å². The van der Waals surface area contributed by atoms with Crippen LogP contribution in [0.15, 0.2) is 18.5 Å². The normalized spacial score (nSPS) is 16.9. The third kappa shape index (κ3) is 2.22. The second-order valence-electron chi connectivity index (χ2n) is 3.97. The first-order chi connectivity index (χ1) is 7.76. The number of nitrogens with zero attached hydrogens (tertiary/aromatic N) is 1. The molecule has 16 heavy (non-hydrogen) atoms. The summed E-state index contributed by atoms with van der Waals surface area (Å²) in [4.78, 5) is 16.1. The average molecular weight is 221 g/mol. The smallest absolute Gasteiger partial charge is 0.193 e. The van der Waals surface area contributed by atoms with Crippen molar-refractivity contribution in [3.8, 4) is 5.75 Å². The summed E-state index contributed by atoms with van der Waals surface area (Å²) in [7, 11) is 3.13. The van der Waals surface area contributed by atoms with Crippen LogP contribution in [0.5, 0.6) is 5.75 Å². The molecule has 1 atom stereocenters. The number of hydrogen-bond donors (Lipinski definition) is 0. The molecule has 4 nitrogen and oxygen atoms in total. The van der Waals surface area contributed by atoms with Crippen molar-refractivity contribution in [3.05, 3.63) is 24.0 Å². The molecule has 1 aromatic rings. The number of Topliss-reactive ketones (excluding diaryl/α,β-unsaturated/α-hetero) is 1. The van der Waals surface area contributed by atoms with Crippen LogP contribution < -0.4 is 4.74 Å². The van der Waals surface area contributed by atoms with Crippen LogP contribution in [0, 0.1) is 5.92 Å². The average Bonchev–Trinajstić information content (AvgIpc) is 3.14. The lowest BCUT2D eigenvalue weighted by Crippen LogP contribution is -2.25. The lowest BCUT2D eigenvalue weighted by atomic mass is 10.0. The van der Waals surface area contributed by atoms with Crippen LogP contribution >= 0.6 is 0 Å². The van der Waals surface area contributed by atoms with Crippen LogP contribution in [0.25, 0.3) is 0 Å². The fourth-order valence-corrected chi connectivity index (χ4v) is 1.74. The van der Waals surface area contributed by atoms with Gasteiger partial charge in [0.1, 0.15) is 11.9 Å². The predicted molar refractivity (Wildman–Crippen MR) is 58.6 cm³/mol. The zero-order chi connectivity index (χ0) is 11.5. The molecule has 1 aliphatic carbocycles. The van der Waals surface area contributed by atoms with E-state index in [4.69, 9.17) is 9.47 Å². The van der Waals surface area contributed by atoms with E-state index in [1.54, 1.807) is 32.7 Å². The molecule has 0 aromatic carbocycles. The Hall–Kier alpha value is -1.42. The van der Waals surface area contributed by atoms with Crippen LogP contribution in [-0.4, -0.2) is 31.1 Å². The topological polar surface area (TPSA) is 48.4 Å². The fraction of sp³-hybridized carbons (Fsp3) is 0.500. The molecular weight excluding hydrogens is 206 g/mol. The Labute approximate surface area is 94.6 Å². The number of pyridine rings is 1. The molecule has 0 spiro atoms. The van der Waals surface area contributed by atoms with Gasteiger partial charge in [0.2, 0.25) is 0 Å². The lowest BCUT2D eigenvalue weighted by molar-refractivity contribution is 0.0539. The standard InChI is InChI=1S/C12H15NO3/c1-15-10-5-9(6-13-7-10)11(14)12(16-2)8-3-4-8/h5-8,12H,3-4H2,1-2H3. The Morgan fingerprint density at radius 1 is 1.44 bits per heavy atom. The number of ketones is 1. The molecule has 0 N–H and O–H groups in total. The van der Waals surface area contributed by atoms with Crippen molar-refractivity contribution in [1.29, 1.82) is 0 Å². The van der Waals surface area contributed by atoms with Crippen LogP contribution in [0.3, 0.4) is 0 Å². The van der Waals surface area contributed by atoms with Gasteiger partial charge in [-0.15, -0.1) is 0 Å². The molecular formula is C12H15NO3. The second-order valence-corrected chi connectivity index (χ2v) is 3.97. The van der Waals surface area contributed by atoms with Crippen molar-refractivity contribution in [3.63, 3.8) is 0 Å². The van der Waals surface area contributed by atoms with Gasteiger partial charge in [-0.25, -0.2) is 0 Å². The van der Waals surface area contributed by atoms with Crippen molar-refractivity contribution < 1.29 is 14.3 Å². The summed E-state index contributed by atoms with van der Waals surface area (Å²) < 4.78 is 10.3. The summed E-state index contributed by atoms with van der Waals surface area (Å²) in [6.45, 7) is 0. The molecule has 1 aromatic heterocycles. The largest absolute Gasteiger partial charge is 0.495 e. The summed E-state index contributed by atoms with van der Waals surface area (Å²) in [6, 6.07) is 1.70. The fourth-order valence-electron chi connectivity index (χ4n) is 1.74.